The van der Waals surface area contributed by atoms with Crippen LogP contribution in [0.4, 0.5) is 11.5 Å². The Bertz CT molecular complexity index is 1150. The summed E-state index contributed by atoms with van der Waals surface area (Å²) in [6.07, 6.45) is 0.245. The van der Waals surface area contributed by atoms with Gasteiger partial charge < -0.3 is 14.2 Å². The van der Waals surface area contributed by atoms with Crippen LogP contribution in [0.15, 0.2) is 47.3 Å². The number of rotatable bonds is 5. The summed E-state index contributed by atoms with van der Waals surface area (Å²) >= 11 is 1.17. The Morgan fingerprint density at radius 3 is 2.27 bits per heavy atom. The van der Waals surface area contributed by atoms with E-state index >= 15 is 0 Å². The minimum absolute atomic E-state index is 0.0825. The quantitative estimate of drug-likeness (QED) is 0.623. The lowest BCUT2D eigenvalue weighted by Gasteiger charge is -2.32. The lowest BCUT2D eigenvalue weighted by atomic mass is 9.90. The minimum atomic E-state index is -0.235. The van der Waals surface area contributed by atoms with Crippen molar-refractivity contribution in [2.75, 3.05) is 26.2 Å². The van der Waals surface area contributed by atoms with E-state index in [1.54, 1.807) is 45.4 Å². The molecular formula is C22H22N2O5S. The number of nitrogens with zero attached hydrogens (tertiary/aromatic N) is 2. The highest BCUT2D eigenvalue weighted by atomic mass is 32.1. The maximum atomic E-state index is 13.3. The molecule has 1 amide bonds. The predicted octanol–water partition coefficient (Wildman–Crippen LogP) is 3.67. The van der Waals surface area contributed by atoms with Gasteiger partial charge in [0, 0.05) is 19.4 Å². The summed E-state index contributed by atoms with van der Waals surface area (Å²) in [5, 5.41) is 0. The smallest absolute Gasteiger partial charge is 0.308 e. The molecule has 3 aromatic rings. The third-order valence-corrected chi connectivity index (χ3v) is 6.44. The molecule has 0 radical (unpaired) electrons. The van der Waals surface area contributed by atoms with E-state index in [4.69, 9.17) is 14.2 Å². The van der Waals surface area contributed by atoms with Gasteiger partial charge in [0.25, 0.3) is 0 Å². The van der Waals surface area contributed by atoms with Gasteiger partial charge >= 0.3 is 4.87 Å². The molecule has 0 bridgehead atoms. The van der Waals surface area contributed by atoms with E-state index in [0.717, 1.165) is 10.4 Å². The summed E-state index contributed by atoms with van der Waals surface area (Å²) in [7, 11) is 6.44. The highest BCUT2D eigenvalue weighted by Crippen LogP contribution is 2.45. The number of anilines is 2. The first kappa shape index (κ1) is 20.0. The number of benzene rings is 2. The molecule has 1 aromatic heterocycles. The Balaban J connectivity index is 1.84. The van der Waals surface area contributed by atoms with E-state index in [1.807, 2.05) is 30.3 Å². The van der Waals surface area contributed by atoms with Crippen molar-refractivity contribution in [1.82, 2.24) is 4.57 Å². The number of aromatic nitrogens is 1. The maximum absolute atomic E-state index is 13.3. The summed E-state index contributed by atoms with van der Waals surface area (Å²) in [5.74, 6) is 2.19. The summed E-state index contributed by atoms with van der Waals surface area (Å²) < 4.78 is 17.5. The highest BCUT2D eigenvalue weighted by molar-refractivity contribution is 7.10. The lowest BCUT2D eigenvalue weighted by Crippen LogP contribution is -2.34. The van der Waals surface area contributed by atoms with Crippen LogP contribution >= 0.6 is 11.3 Å². The van der Waals surface area contributed by atoms with E-state index < -0.39 is 0 Å². The second kappa shape index (κ2) is 7.87. The molecule has 2 aromatic carbocycles. The fourth-order valence-corrected chi connectivity index (χ4v) is 4.85. The number of ether oxygens (including phenoxy) is 3. The van der Waals surface area contributed by atoms with Gasteiger partial charge in [-0.2, -0.15) is 0 Å². The Labute approximate surface area is 178 Å². The number of thiazole rings is 1. The summed E-state index contributed by atoms with van der Waals surface area (Å²) in [4.78, 5) is 28.2. The number of fused-ring (bicyclic) bond motifs is 1. The monoisotopic (exact) mass is 426 g/mol. The third-order valence-electron chi connectivity index (χ3n) is 5.31. The van der Waals surface area contributed by atoms with Gasteiger partial charge in [0.1, 0.15) is 11.6 Å². The van der Waals surface area contributed by atoms with Crippen LogP contribution in [0.3, 0.4) is 0 Å². The van der Waals surface area contributed by atoms with Crippen molar-refractivity contribution < 1.29 is 19.0 Å². The topological polar surface area (TPSA) is 70.0 Å². The molecule has 1 aliphatic rings. The fraction of sp³-hybridized carbons (Fsp3) is 0.273. The SMILES string of the molecule is COc1ccc(N2C(=O)CC(c3ccc(OC)c(OC)c3)c3sc(=O)n(C)c32)cc1. The molecule has 4 rings (SSSR count). The van der Waals surface area contributed by atoms with E-state index in [2.05, 4.69) is 0 Å². The molecular weight excluding hydrogens is 404 g/mol. The molecule has 0 N–H and O–H groups in total. The Kier molecular flexibility index (Phi) is 5.26. The van der Waals surface area contributed by atoms with Crippen molar-refractivity contribution in [3.05, 3.63) is 62.6 Å². The van der Waals surface area contributed by atoms with Crippen LogP contribution in [0.1, 0.15) is 22.8 Å². The van der Waals surface area contributed by atoms with Crippen LogP contribution in [0.25, 0.3) is 0 Å². The van der Waals surface area contributed by atoms with Gasteiger partial charge in [0.15, 0.2) is 11.5 Å². The zero-order valence-corrected chi connectivity index (χ0v) is 18.0. The third kappa shape index (κ3) is 3.23. The molecule has 0 aliphatic carbocycles. The van der Waals surface area contributed by atoms with Crippen molar-refractivity contribution in [1.29, 1.82) is 0 Å². The molecule has 8 heteroatoms. The number of methoxy groups -OCH3 is 3. The van der Waals surface area contributed by atoms with E-state index in [0.29, 0.717) is 28.8 Å². The molecule has 1 aliphatic heterocycles. The molecule has 2 heterocycles. The molecule has 1 atom stereocenters. The predicted molar refractivity (Wildman–Crippen MR) is 116 cm³/mol. The number of amides is 1. The zero-order valence-electron chi connectivity index (χ0n) is 17.2. The average molecular weight is 426 g/mol. The van der Waals surface area contributed by atoms with E-state index in [1.165, 1.54) is 15.9 Å². The maximum Gasteiger partial charge on any atom is 0.308 e. The molecule has 0 fully saturated rings. The average Bonchev–Trinajstić information content (AvgIpc) is 3.07. The van der Waals surface area contributed by atoms with Crippen molar-refractivity contribution in [2.45, 2.75) is 12.3 Å². The largest absolute Gasteiger partial charge is 0.497 e. The first-order chi connectivity index (χ1) is 14.5. The van der Waals surface area contributed by atoms with Gasteiger partial charge in [0.05, 0.1) is 31.9 Å². The first-order valence-electron chi connectivity index (χ1n) is 9.37. The van der Waals surface area contributed by atoms with Crippen LogP contribution in [-0.2, 0) is 11.8 Å². The number of hydrogen-bond donors (Lipinski definition) is 0. The summed E-state index contributed by atoms with van der Waals surface area (Å²) in [5.41, 5.74) is 1.60. The molecule has 156 valence electrons. The molecule has 30 heavy (non-hydrogen) atoms. The van der Waals surface area contributed by atoms with Crippen LogP contribution in [0.5, 0.6) is 17.2 Å². The molecule has 0 spiro atoms. The number of carbonyl (C=O) groups excluding carboxylic acids is 1. The van der Waals surface area contributed by atoms with Crippen molar-refractivity contribution >= 4 is 28.7 Å². The van der Waals surface area contributed by atoms with Crippen LogP contribution in [0, 0.1) is 0 Å². The van der Waals surface area contributed by atoms with Crippen LogP contribution < -0.4 is 24.0 Å². The van der Waals surface area contributed by atoms with Crippen molar-refractivity contribution in [2.24, 2.45) is 7.05 Å². The highest BCUT2D eigenvalue weighted by Gasteiger charge is 2.37. The summed E-state index contributed by atoms with van der Waals surface area (Å²) in [6.45, 7) is 0. The zero-order chi connectivity index (χ0) is 21.4. The molecule has 0 saturated heterocycles. The fourth-order valence-electron chi connectivity index (χ4n) is 3.76. The van der Waals surface area contributed by atoms with Gasteiger partial charge in [-0.15, -0.1) is 0 Å². The minimum Gasteiger partial charge on any atom is -0.497 e. The van der Waals surface area contributed by atoms with Gasteiger partial charge in [-0.3, -0.25) is 19.1 Å². The Morgan fingerprint density at radius 1 is 0.933 bits per heavy atom. The summed E-state index contributed by atoms with van der Waals surface area (Å²) in [6, 6.07) is 12.8. The second-order valence-electron chi connectivity index (χ2n) is 6.91. The normalized spacial score (nSPS) is 15.7. The van der Waals surface area contributed by atoms with Crippen molar-refractivity contribution in [3.63, 3.8) is 0 Å². The van der Waals surface area contributed by atoms with Gasteiger partial charge in [0.2, 0.25) is 5.91 Å². The Hall–Kier alpha value is -3.26. The van der Waals surface area contributed by atoms with E-state index in [-0.39, 0.29) is 23.1 Å². The molecule has 1 unspecified atom stereocenters. The standard InChI is InChI=1S/C22H22N2O5S/c1-23-21-20(30-22(23)26)16(13-5-10-17(28-3)18(11-13)29-4)12-19(25)24(21)14-6-8-15(27-2)9-7-14/h5-11,16H,12H2,1-4H3. The van der Waals surface area contributed by atoms with Gasteiger partial charge in [-0.25, -0.2) is 0 Å². The van der Waals surface area contributed by atoms with Gasteiger partial charge in [-0.1, -0.05) is 17.4 Å². The first-order valence-corrected chi connectivity index (χ1v) is 10.2. The van der Waals surface area contributed by atoms with Crippen molar-refractivity contribution in [3.8, 4) is 17.2 Å². The van der Waals surface area contributed by atoms with Crippen LogP contribution in [-0.4, -0.2) is 31.8 Å². The second-order valence-corrected chi connectivity index (χ2v) is 7.91. The number of carbonyl (C=O) groups is 1. The molecule has 7 nitrogen and oxygen atoms in total. The van der Waals surface area contributed by atoms with Crippen LogP contribution in [0.2, 0.25) is 0 Å². The van der Waals surface area contributed by atoms with Gasteiger partial charge in [-0.05, 0) is 42.0 Å². The Morgan fingerprint density at radius 2 is 1.63 bits per heavy atom. The lowest BCUT2D eigenvalue weighted by molar-refractivity contribution is -0.118. The number of hydrogen-bond acceptors (Lipinski definition) is 6. The van der Waals surface area contributed by atoms with E-state index in [9.17, 15) is 9.59 Å². The molecule has 0 saturated carbocycles.